The van der Waals surface area contributed by atoms with Crippen LogP contribution in [0, 0.1) is 6.92 Å². The zero-order valence-electron chi connectivity index (χ0n) is 27.1. The van der Waals surface area contributed by atoms with Crippen molar-refractivity contribution in [3.05, 3.63) is 102 Å². The molecule has 0 saturated carbocycles. The van der Waals surface area contributed by atoms with E-state index in [0.717, 1.165) is 38.4 Å². The largest absolute Gasteiger partial charge is 0.493 e. The molecule has 0 bridgehead atoms. The van der Waals surface area contributed by atoms with Crippen LogP contribution in [-0.2, 0) is 22.6 Å². The number of methoxy groups -OCH3 is 1. The van der Waals surface area contributed by atoms with E-state index in [1.807, 2.05) is 49.5 Å². The van der Waals surface area contributed by atoms with Crippen LogP contribution in [0.15, 0.2) is 84.0 Å². The molecule has 1 atom stereocenters. The molecule has 240 valence electrons. The number of aryl methyl sites for hydroxylation is 1. The van der Waals surface area contributed by atoms with Crippen LogP contribution in [0.5, 0.6) is 17.4 Å². The normalized spacial score (nSPS) is 12.2. The van der Waals surface area contributed by atoms with E-state index in [4.69, 9.17) is 9.47 Å². The summed E-state index contributed by atoms with van der Waals surface area (Å²) in [6.45, 7) is 8.22. The lowest BCUT2D eigenvalue weighted by Gasteiger charge is -2.23. The summed E-state index contributed by atoms with van der Waals surface area (Å²) in [5.41, 5.74) is 4.91. The van der Waals surface area contributed by atoms with Gasteiger partial charge in [-0.3, -0.25) is 9.31 Å². The van der Waals surface area contributed by atoms with Crippen LogP contribution in [0.3, 0.4) is 0 Å². The highest BCUT2D eigenvalue weighted by Gasteiger charge is 2.22. The van der Waals surface area contributed by atoms with Crippen molar-refractivity contribution < 1.29 is 18.5 Å². The topological polar surface area (TPSA) is 131 Å². The van der Waals surface area contributed by atoms with Gasteiger partial charge in [-0.25, -0.2) is 9.78 Å². The highest BCUT2D eigenvalue weighted by molar-refractivity contribution is 7.84. The SMILES string of the molecule is COc1c(NC(=O)Nc2ccc(Oc3ccnc(Cc4cc(C)c5[nH]ncc5c4)n3)c3ccccc23)cc(C(C)(C)C)cc1S(C)=O. The summed E-state index contributed by atoms with van der Waals surface area (Å²) >= 11 is 0. The molecule has 4 aromatic carbocycles. The molecule has 3 N–H and O–H groups in total. The van der Waals surface area contributed by atoms with E-state index >= 15 is 0 Å². The molecule has 0 aliphatic heterocycles. The van der Waals surface area contributed by atoms with Crippen LogP contribution in [0.1, 0.15) is 43.3 Å². The Bertz CT molecular complexity index is 2150. The first kappa shape index (κ1) is 31.7. The first-order valence-corrected chi connectivity index (χ1v) is 16.6. The summed E-state index contributed by atoms with van der Waals surface area (Å²) in [7, 11) is 0.173. The third kappa shape index (κ3) is 6.80. The van der Waals surface area contributed by atoms with Crippen molar-refractivity contribution >= 4 is 49.9 Å². The van der Waals surface area contributed by atoms with E-state index in [0.29, 0.717) is 45.9 Å². The molecular formula is C36H36N6O4S. The fraction of sp³-hybridized carbons (Fsp3) is 0.222. The Hall–Kier alpha value is -5.29. The number of rotatable bonds is 8. The quantitative estimate of drug-likeness (QED) is 0.153. The maximum absolute atomic E-state index is 13.4. The van der Waals surface area contributed by atoms with Crippen LogP contribution in [0.25, 0.3) is 21.7 Å². The number of hydrogen-bond acceptors (Lipinski definition) is 7. The number of anilines is 2. The summed E-state index contributed by atoms with van der Waals surface area (Å²) < 4.78 is 24.4. The number of fused-ring (bicyclic) bond motifs is 2. The molecule has 6 rings (SSSR count). The third-order valence-corrected chi connectivity index (χ3v) is 8.80. The number of urea groups is 1. The number of nitrogens with zero attached hydrogens (tertiary/aromatic N) is 3. The van der Waals surface area contributed by atoms with Crippen molar-refractivity contribution in [3.8, 4) is 17.4 Å². The summed E-state index contributed by atoms with van der Waals surface area (Å²) in [4.78, 5) is 23.0. The average Bonchev–Trinajstić information content (AvgIpc) is 3.51. The number of aromatic amines is 1. The van der Waals surface area contributed by atoms with Gasteiger partial charge in [0, 0.05) is 41.1 Å². The fourth-order valence-corrected chi connectivity index (χ4v) is 6.28. The summed E-state index contributed by atoms with van der Waals surface area (Å²) in [6.07, 6.45) is 5.63. The first-order valence-electron chi connectivity index (χ1n) is 15.1. The summed E-state index contributed by atoms with van der Waals surface area (Å²) in [6, 6.07) is 20.4. The van der Waals surface area contributed by atoms with Gasteiger partial charge in [0.05, 0.1) is 45.9 Å². The number of aromatic nitrogens is 4. The van der Waals surface area contributed by atoms with Crippen molar-refractivity contribution in [2.75, 3.05) is 24.0 Å². The second-order valence-electron chi connectivity index (χ2n) is 12.3. The number of hydrogen-bond donors (Lipinski definition) is 3. The van der Waals surface area contributed by atoms with Gasteiger partial charge in [-0.2, -0.15) is 10.1 Å². The Morgan fingerprint density at radius 2 is 1.74 bits per heavy atom. The molecule has 47 heavy (non-hydrogen) atoms. The molecule has 1 unspecified atom stereocenters. The van der Waals surface area contributed by atoms with E-state index in [-0.39, 0.29) is 5.41 Å². The van der Waals surface area contributed by atoms with E-state index < -0.39 is 16.8 Å². The standard InChI is InChI=1S/C36H36N6O4S/c1-21-15-22(16-23-20-38-42-33(21)23)17-31-37-14-13-32(41-31)46-29-12-11-27(25-9-7-8-10-26(25)29)39-35(43)40-28-18-24(36(2,3)4)19-30(47(6)44)34(28)45-5/h7-16,18-20H,17H2,1-6H3,(H,38,42)(H2,39,40,43). The van der Waals surface area contributed by atoms with E-state index in [1.165, 1.54) is 7.11 Å². The molecule has 6 aromatic rings. The molecular weight excluding hydrogens is 613 g/mol. The van der Waals surface area contributed by atoms with Crippen molar-refractivity contribution in [2.45, 2.75) is 44.4 Å². The fourth-order valence-electron chi connectivity index (χ4n) is 5.53. The smallest absolute Gasteiger partial charge is 0.323 e. The number of carbonyl (C=O) groups excluding carboxylic acids is 1. The Labute approximate surface area is 275 Å². The molecule has 0 spiro atoms. The third-order valence-electron chi connectivity index (χ3n) is 7.88. The lowest BCUT2D eigenvalue weighted by atomic mass is 9.86. The van der Waals surface area contributed by atoms with E-state index in [1.54, 1.807) is 30.7 Å². The average molecular weight is 649 g/mol. The molecule has 11 heteroatoms. The van der Waals surface area contributed by atoms with Crippen LogP contribution in [0.2, 0.25) is 0 Å². The molecule has 2 amide bonds. The number of ether oxygens (including phenoxy) is 2. The monoisotopic (exact) mass is 648 g/mol. The Kier molecular flexibility index (Phi) is 8.65. The van der Waals surface area contributed by atoms with Gasteiger partial charge in [0.1, 0.15) is 11.6 Å². The highest BCUT2D eigenvalue weighted by atomic mass is 32.2. The Morgan fingerprint density at radius 3 is 2.49 bits per heavy atom. The maximum Gasteiger partial charge on any atom is 0.323 e. The Balaban J connectivity index is 1.24. The van der Waals surface area contributed by atoms with Gasteiger partial charge in [0.2, 0.25) is 5.88 Å². The number of carbonyl (C=O) groups is 1. The zero-order valence-corrected chi connectivity index (χ0v) is 27.9. The van der Waals surface area contributed by atoms with Gasteiger partial charge in [0.15, 0.2) is 5.75 Å². The summed E-state index contributed by atoms with van der Waals surface area (Å²) in [5, 5.41) is 15.7. The predicted octanol–water partition coefficient (Wildman–Crippen LogP) is 7.89. The van der Waals surface area contributed by atoms with Gasteiger partial charge in [-0.05, 0) is 59.4 Å². The molecule has 0 saturated heterocycles. The van der Waals surface area contributed by atoms with Gasteiger partial charge in [-0.15, -0.1) is 0 Å². The minimum atomic E-state index is -1.33. The lowest BCUT2D eigenvalue weighted by Crippen LogP contribution is -2.21. The van der Waals surface area contributed by atoms with Crippen molar-refractivity contribution in [1.29, 1.82) is 0 Å². The van der Waals surface area contributed by atoms with Crippen molar-refractivity contribution in [3.63, 3.8) is 0 Å². The van der Waals surface area contributed by atoms with Crippen LogP contribution in [0.4, 0.5) is 16.2 Å². The molecule has 0 radical (unpaired) electrons. The molecule has 0 aliphatic rings. The molecule has 10 nitrogen and oxygen atoms in total. The molecule has 2 heterocycles. The highest BCUT2D eigenvalue weighted by Crippen LogP contribution is 2.38. The Morgan fingerprint density at radius 1 is 0.979 bits per heavy atom. The second kappa shape index (κ2) is 12.8. The summed E-state index contributed by atoms with van der Waals surface area (Å²) in [5.74, 6) is 1.99. The predicted molar refractivity (Wildman–Crippen MR) is 186 cm³/mol. The first-order chi connectivity index (χ1) is 22.5. The lowest BCUT2D eigenvalue weighted by molar-refractivity contribution is 0.262. The zero-order chi connectivity index (χ0) is 33.3. The van der Waals surface area contributed by atoms with Gasteiger partial charge < -0.3 is 20.1 Å². The van der Waals surface area contributed by atoms with Gasteiger partial charge in [-0.1, -0.05) is 51.1 Å². The molecule has 2 aromatic heterocycles. The van der Waals surface area contributed by atoms with E-state index in [2.05, 4.69) is 63.7 Å². The van der Waals surface area contributed by atoms with Crippen molar-refractivity contribution in [2.24, 2.45) is 0 Å². The van der Waals surface area contributed by atoms with Gasteiger partial charge in [0.25, 0.3) is 0 Å². The van der Waals surface area contributed by atoms with Gasteiger partial charge >= 0.3 is 6.03 Å². The van der Waals surface area contributed by atoms with Crippen LogP contribution < -0.4 is 20.1 Å². The molecule has 0 fully saturated rings. The number of benzene rings is 4. The minimum absolute atomic E-state index is 0.239. The van der Waals surface area contributed by atoms with Crippen molar-refractivity contribution in [1.82, 2.24) is 20.2 Å². The van der Waals surface area contributed by atoms with Crippen LogP contribution in [-0.4, -0.2) is 43.8 Å². The van der Waals surface area contributed by atoms with Crippen LogP contribution >= 0.6 is 0 Å². The minimum Gasteiger partial charge on any atom is -0.493 e. The molecule has 0 aliphatic carbocycles. The number of nitrogens with one attached hydrogen (secondary N) is 3. The van der Waals surface area contributed by atoms with E-state index in [9.17, 15) is 9.00 Å². The number of amides is 2. The second-order valence-corrected chi connectivity index (χ2v) is 13.7. The number of H-pyrrole nitrogens is 1. The maximum atomic E-state index is 13.4.